The van der Waals surface area contributed by atoms with Gasteiger partial charge in [-0.15, -0.1) is 0 Å². The minimum Gasteiger partial charge on any atom is -0.385 e. The average Bonchev–Trinajstić information content (AvgIpc) is 2.33. The van der Waals surface area contributed by atoms with Gasteiger partial charge in [0.05, 0.1) is 5.52 Å². The van der Waals surface area contributed by atoms with Crippen LogP contribution in [0.2, 0.25) is 0 Å². The highest BCUT2D eigenvalue weighted by Crippen LogP contribution is 2.30. The Morgan fingerprint density at radius 1 is 1.29 bits per heavy atom. The third-order valence-corrected chi connectivity index (χ3v) is 3.87. The molecule has 0 saturated heterocycles. The van der Waals surface area contributed by atoms with Gasteiger partial charge in [-0.25, -0.2) is 0 Å². The Kier molecular flexibility index (Phi) is 3.86. The largest absolute Gasteiger partial charge is 0.385 e. The van der Waals surface area contributed by atoms with E-state index in [-0.39, 0.29) is 0 Å². The summed E-state index contributed by atoms with van der Waals surface area (Å²) in [5, 5.41) is 4.71. The Balaban J connectivity index is 2.81. The van der Waals surface area contributed by atoms with Gasteiger partial charge in [-0.3, -0.25) is 4.98 Å². The summed E-state index contributed by atoms with van der Waals surface area (Å²) in [6.07, 6.45) is 0.977. The molecule has 0 aliphatic carbocycles. The van der Waals surface area contributed by atoms with E-state index in [9.17, 15) is 0 Å². The molecule has 17 heavy (non-hydrogen) atoms. The number of hydrogen-bond donors (Lipinski definition) is 1. The van der Waals surface area contributed by atoms with E-state index in [4.69, 9.17) is 4.98 Å². The normalized spacial score (nSPS) is 10.8. The predicted molar refractivity (Wildman–Crippen MR) is 82.7 cm³/mol. The molecule has 0 amide bonds. The number of hydrogen-bond acceptors (Lipinski definition) is 2. The van der Waals surface area contributed by atoms with Crippen LogP contribution >= 0.6 is 22.6 Å². The molecule has 0 saturated carbocycles. The smallest absolute Gasteiger partial charge is 0.0859 e. The zero-order valence-corrected chi connectivity index (χ0v) is 12.6. The summed E-state index contributed by atoms with van der Waals surface area (Å²) in [6, 6.07) is 6.35. The number of nitrogens with zero attached hydrogens (tertiary/aromatic N) is 1. The Bertz CT molecular complexity index is 549. The Morgan fingerprint density at radius 3 is 2.71 bits per heavy atom. The van der Waals surface area contributed by atoms with Gasteiger partial charge in [0.15, 0.2) is 0 Å². The molecule has 90 valence electrons. The lowest BCUT2D eigenvalue weighted by Gasteiger charge is -2.15. The number of fused-ring (bicyclic) bond motifs is 1. The fourth-order valence-corrected chi connectivity index (χ4v) is 2.76. The van der Waals surface area contributed by atoms with Crippen molar-refractivity contribution in [3.8, 4) is 0 Å². The summed E-state index contributed by atoms with van der Waals surface area (Å²) >= 11 is 2.36. The molecule has 0 atom stereocenters. The predicted octanol–water partition coefficient (Wildman–Crippen LogP) is 4.14. The molecule has 0 radical (unpaired) electrons. The highest BCUT2D eigenvalue weighted by molar-refractivity contribution is 14.1. The average molecular weight is 340 g/mol. The maximum Gasteiger partial charge on any atom is 0.0859 e. The Morgan fingerprint density at radius 2 is 2.06 bits per heavy atom. The molecule has 1 aromatic carbocycles. The van der Waals surface area contributed by atoms with Crippen LogP contribution in [0, 0.1) is 10.5 Å². The SMILES string of the molecule is CCNc1c(C)c(CC)nc2c(I)cccc12. The van der Waals surface area contributed by atoms with E-state index in [1.54, 1.807) is 0 Å². The number of rotatable bonds is 3. The van der Waals surface area contributed by atoms with Gasteiger partial charge in [-0.05, 0) is 54.5 Å². The van der Waals surface area contributed by atoms with Gasteiger partial charge in [0.1, 0.15) is 0 Å². The summed E-state index contributed by atoms with van der Waals surface area (Å²) in [7, 11) is 0. The second-order valence-corrected chi connectivity index (χ2v) is 5.24. The number of halogens is 1. The van der Waals surface area contributed by atoms with Crippen molar-refractivity contribution in [2.75, 3.05) is 11.9 Å². The first-order valence-electron chi connectivity index (χ1n) is 6.00. The molecule has 1 N–H and O–H groups in total. The second kappa shape index (κ2) is 5.21. The molecule has 3 heteroatoms. The van der Waals surface area contributed by atoms with Crippen molar-refractivity contribution in [3.05, 3.63) is 33.0 Å². The van der Waals surface area contributed by atoms with Crippen molar-refractivity contribution < 1.29 is 0 Å². The highest BCUT2D eigenvalue weighted by atomic mass is 127. The number of anilines is 1. The minimum atomic E-state index is 0.939. The molecule has 2 aromatic rings. The van der Waals surface area contributed by atoms with Gasteiger partial charge in [0, 0.05) is 26.9 Å². The monoisotopic (exact) mass is 340 g/mol. The topological polar surface area (TPSA) is 24.9 Å². The summed E-state index contributed by atoms with van der Waals surface area (Å²) < 4.78 is 1.22. The molecule has 1 heterocycles. The summed E-state index contributed by atoms with van der Waals surface area (Å²) in [6.45, 7) is 7.38. The van der Waals surface area contributed by atoms with Crippen LogP contribution in [-0.2, 0) is 6.42 Å². The summed E-state index contributed by atoms with van der Waals surface area (Å²) in [5.74, 6) is 0. The molecule has 2 nitrogen and oxygen atoms in total. The van der Waals surface area contributed by atoms with Gasteiger partial charge in [-0.1, -0.05) is 19.1 Å². The quantitative estimate of drug-likeness (QED) is 0.850. The van der Waals surface area contributed by atoms with Crippen LogP contribution in [0.3, 0.4) is 0 Å². The van der Waals surface area contributed by atoms with E-state index >= 15 is 0 Å². The Labute approximate surface area is 116 Å². The van der Waals surface area contributed by atoms with Crippen molar-refractivity contribution in [1.82, 2.24) is 4.98 Å². The van der Waals surface area contributed by atoms with Crippen LogP contribution in [-0.4, -0.2) is 11.5 Å². The molecular formula is C14H17IN2. The first kappa shape index (κ1) is 12.6. The van der Waals surface area contributed by atoms with Crippen LogP contribution in [0.15, 0.2) is 18.2 Å². The number of para-hydroxylation sites is 1. The fourth-order valence-electron chi connectivity index (χ4n) is 2.14. The van der Waals surface area contributed by atoms with E-state index in [0.29, 0.717) is 0 Å². The zero-order chi connectivity index (χ0) is 12.4. The second-order valence-electron chi connectivity index (χ2n) is 4.08. The summed E-state index contributed by atoms with van der Waals surface area (Å²) in [4.78, 5) is 4.79. The lowest BCUT2D eigenvalue weighted by atomic mass is 10.1. The number of aryl methyl sites for hydroxylation is 1. The molecule has 0 bridgehead atoms. The van der Waals surface area contributed by atoms with Crippen LogP contribution in [0.4, 0.5) is 5.69 Å². The van der Waals surface area contributed by atoms with E-state index in [2.05, 4.69) is 66.9 Å². The fraction of sp³-hybridized carbons (Fsp3) is 0.357. The van der Waals surface area contributed by atoms with E-state index < -0.39 is 0 Å². The maximum absolute atomic E-state index is 4.79. The van der Waals surface area contributed by atoms with Gasteiger partial charge in [0.25, 0.3) is 0 Å². The van der Waals surface area contributed by atoms with Crippen molar-refractivity contribution in [3.63, 3.8) is 0 Å². The highest BCUT2D eigenvalue weighted by Gasteiger charge is 2.11. The number of benzene rings is 1. The molecule has 0 aliphatic heterocycles. The van der Waals surface area contributed by atoms with Gasteiger partial charge >= 0.3 is 0 Å². The van der Waals surface area contributed by atoms with Crippen molar-refractivity contribution in [2.24, 2.45) is 0 Å². The van der Waals surface area contributed by atoms with Crippen molar-refractivity contribution in [2.45, 2.75) is 27.2 Å². The molecule has 0 fully saturated rings. The van der Waals surface area contributed by atoms with Crippen molar-refractivity contribution in [1.29, 1.82) is 0 Å². The Hall–Kier alpha value is -0.840. The van der Waals surface area contributed by atoms with Gasteiger partial charge in [-0.2, -0.15) is 0 Å². The first-order valence-corrected chi connectivity index (χ1v) is 7.08. The lowest BCUT2D eigenvalue weighted by Crippen LogP contribution is -2.04. The van der Waals surface area contributed by atoms with E-state index in [1.165, 1.54) is 25.9 Å². The molecule has 0 aliphatic rings. The number of aromatic nitrogens is 1. The molecule has 1 aromatic heterocycles. The summed E-state index contributed by atoms with van der Waals surface area (Å²) in [5.41, 5.74) is 4.83. The van der Waals surface area contributed by atoms with Crippen molar-refractivity contribution >= 4 is 39.2 Å². The third kappa shape index (κ3) is 2.25. The minimum absolute atomic E-state index is 0.939. The van der Waals surface area contributed by atoms with E-state index in [1.807, 2.05) is 0 Å². The number of pyridine rings is 1. The third-order valence-electron chi connectivity index (χ3n) is 3.00. The van der Waals surface area contributed by atoms with Crippen LogP contribution < -0.4 is 5.32 Å². The lowest BCUT2D eigenvalue weighted by molar-refractivity contribution is 1.02. The van der Waals surface area contributed by atoms with Crippen LogP contribution in [0.5, 0.6) is 0 Å². The molecule has 0 unspecified atom stereocenters. The van der Waals surface area contributed by atoms with Crippen LogP contribution in [0.25, 0.3) is 10.9 Å². The van der Waals surface area contributed by atoms with E-state index in [0.717, 1.165) is 18.5 Å². The maximum atomic E-state index is 4.79. The molecular weight excluding hydrogens is 323 g/mol. The first-order chi connectivity index (χ1) is 8.19. The standard InChI is InChI=1S/C14H17IN2/c1-4-12-9(3)13(16-5-2)10-7-6-8-11(15)14(10)17-12/h6-8H,4-5H2,1-3H3,(H,16,17). The molecule has 2 rings (SSSR count). The molecule has 0 spiro atoms. The van der Waals surface area contributed by atoms with Gasteiger partial charge < -0.3 is 5.32 Å². The zero-order valence-electron chi connectivity index (χ0n) is 10.5. The van der Waals surface area contributed by atoms with Gasteiger partial charge in [0.2, 0.25) is 0 Å². The number of nitrogens with one attached hydrogen (secondary N) is 1. The van der Waals surface area contributed by atoms with Crippen LogP contribution in [0.1, 0.15) is 25.1 Å².